The van der Waals surface area contributed by atoms with Crippen LogP contribution in [0.4, 0.5) is 5.82 Å². The summed E-state index contributed by atoms with van der Waals surface area (Å²) in [5, 5.41) is 4.47. The normalized spacial score (nSPS) is 10.7. The standard InChI is InChI=1S/C16H19Cl2N3/c1-4-7-19-16-10(2)11(3)20-15(21-16)9-12-5-6-13(17)14(18)8-12/h5-6,8H,4,7,9H2,1-3H3,(H,19,20,21). The molecule has 0 radical (unpaired) electrons. The van der Waals surface area contributed by atoms with Crippen molar-refractivity contribution >= 4 is 29.0 Å². The number of halogens is 2. The lowest BCUT2D eigenvalue weighted by Crippen LogP contribution is -2.09. The molecule has 0 atom stereocenters. The van der Waals surface area contributed by atoms with Crippen LogP contribution in [0.25, 0.3) is 0 Å². The summed E-state index contributed by atoms with van der Waals surface area (Å²) in [6.07, 6.45) is 1.70. The Morgan fingerprint density at radius 2 is 1.86 bits per heavy atom. The summed E-state index contributed by atoms with van der Waals surface area (Å²) in [4.78, 5) is 9.18. The zero-order chi connectivity index (χ0) is 15.4. The van der Waals surface area contributed by atoms with E-state index in [1.807, 2.05) is 26.0 Å². The van der Waals surface area contributed by atoms with Gasteiger partial charge in [-0.2, -0.15) is 0 Å². The number of hydrogen-bond donors (Lipinski definition) is 1. The molecule has 21 heavy (non-hydrogen) atoms. The van der Waals surface area contributed by atoms with Crippen molar-refractivity contribution in [3.05, 3.63) is 50.9 Å². The Bertz CT molecular complexity index is 642. The van der Waals surface area contributed by atoms with Crippen LogP contribution in [0.15, 0.2) is 18.2 Å². The largest absolute Gasteiger partial charge is 0.370 e. The molecule has 1 aromatic heterocycles. The van der Waals surface area contributed by atoms with Gasteiger partial charge in [0.15, 0.2) is 0 Å². The van der Waals surface area contributed by atoms with Gasteiger partial charge in [0.2, 0.25) is 0 Å². The molecule has 3 nitrogen and oxygen atoms in total. The average Bonchev–Trinajstić information content (AvgIpc) is 2.45. The average molecular weight is 324 g/mol. The van der Waals surface area contributed by atoms with E-state index in [1.165, 1.54) is 0 Å². The second-order valence-corrected chi connectivity index (χ2v) is 5.87. The minimum absolute atomic E-state index is 0.558. The molecule has 0 aliphatic rings. The van der Waals surface area contributed by atoms with Gasteiger partial charge in [-0.1, -0.05) is 36.2 Å². The third-order valence-corrected chi connectivity index (χ3v) is 4.06. The lowest BCUT2D eigenvalue weighted by molar-refractivity contribution is 0.904. The van der Waals surface area contributed by atoms with E-state index in [2.05, 4.69) is 22.2 Å². The first-order valence-electron chi connectivity index (χ1n) is 7.03. The lowest BCUT2D eigenvalue weighted by atomic mass is 10.1. The van der Waals surface area contributed by atoms with Crippen molar-refractivity contribution < 1.29 is 0 Å². The zero-order valence-electron chi connectivity index (χ0n) is 12.5. The van der Waals surface area contributed by atoms with Crippen LogP contribution in [0.5, 0.6) is 0 Å². The van der Waals surface area contributed by atoms with Crippen molar-refractivity contribution in [2.75, 3.05) is 11.9 Å². The van der Waals surface area contributed by atoms with E-state index >= 15 is 0 Å². The fraction of sp³-hybridized carbons (Fsp3) is 0.375. The van der Waals surface area contributed by atoms with Crippen LogP contribution < -0.4 is 5.32 Å². The molecule has 0 amide bonds. The Hall–Kier alpha value is -1.32. The van der Waals surface area contributed by atoms with E-state index in [0.29, 0.717) is 16.5 Å². The molecule has 0 fully saturated rings. The summed E-state index contributed by atoms with van der Waals surface area (Å²) >= 11 is 12.0. The van der Waals surface area contributed by atoms with Crippen molar-refractivity contribution in [1.82, 2.24) is 9.97 Å². The van der Waals surface area contributed by atoms with Gasteiger partial charge in [0, 0.05) is 24.2 Å². The van der Waals surface area contributed by atoms with Crippen molar-refractivity contribution in [2.24, 2.45) is 0 Å². The topological polar surface area (TPSA) is 37.8 Å². The van der Waals surface area contributed by atoms with Gasteiger partial charge in [0.25, 0.3) is 0 Å². The van der Waals surface area contributed by atoms with Crippen LogP contribution in [0.2, 0.25) is 10.0 Å². The third kappa shape index (κ3) is 4.08. The van der Waals surface area contributed by atoms with Gasteiger partial charge in [-0.3, -0.25) is 0 Å². The highest BCUT2D eigenvalue weighted by Gasteiger charge is 2.09. The van der Waals surface area contributed by atoms with E-state index in [1.54, 1.807) is 6.07 Å². The number of benzene rings is 1. The smallest absolute Gasteiger partial charge is 0.135 e. The molecule has 0 spiro atoms. The maximum Gasteiger partial charge on any atom is 0.135 e. The number of nitrogens with zero attached hydrogens (tertiary/aromatic N) is 2. The molecule has 112 valence electrons. The molecular formula is C16H19Cl2N3. The molecule has 1 N–H and O–H groups in total. The van der Waals surface area contributed by atoms with Gasteiger partial charge in [-0.15, -0.1) is 0 Å². The molecule has 0 unspecified atom stereocenters. The number of aromatic nitrogens is 2. The molecule has 5 heteroatoms. The summed E-state index contributed by atoms with van der Waals surface area (Å²) in [5.41, 5.74) is 3.15. The summed E-state index contributed by atoms with van der Waals surface area (Å²) < 4.78 is 0. The van der Waals surface area contributed by atoms with Gasteiger partial charge in [0.05, 0.1) is 10.0 Å². The monoisotopic (exact) mass is 323 g/mol. The van der Waals surface area contributed by atoms with Crippen molar-refractivity contribution in [3.8, 4) is 0 Å². The first-order chi connectivity index (χ1) is 10.0. The van der Waals surface area contributed by atoms with Gasteiger partial charge in [-0.05, 0) is 38.0 Å². The number of anilines is 1. The first kappa shape index (κ1) is 16.1. The minimum Gasteiger partial charge on any atom is -0.370 e. The molecule has 2 aromatic rings. The Labute approximate surface area is 135 Å². The van der Waals surface area contributed by atoms with E-state index in [9.17, 15) is 0 Å². The predicted molar refractivity (Wildman–Crippen MR) is 89.6 cm³/mol. The van der Waals surface area contributed by atoms with Crippen LogP contribution >= 0.6 is 23.2 Å². The molecular weight excluding hydrogens is 305 g/mol. The lowest BCUT2D eigenvalue weighted by Gasteiger charge is -2.12. The maximum absolute atomic E-state index is 6.05. The van der Waals surface area contributed by atoms with Crippen molar-refractivity contribution in [1.29, 1.82) is 0 Å². The summed E-state index contributed by atoms with van der Waals surface area (Å²) in [5.74, 6) is 1.70. The predicted octanol–water partition coefficient (Wildman–Crippen LogP) is 4.81. The van der Waals surface area contributed by atoms with Crippen LogP contribution in [-0.4, -0.2) is 16.5 Å². The van der Waals surface area contributed by atoms with Crippen LogP contribution in [-0.2, 0) is 6.42 Å². The number of hydrogen-bond acceptors (Lipinski definition) is 3. The number of rotatable bonds is 5. The highest BCUT2D eigenvalue weighted by Crippen LogP contribution is 2.24. The molecule has 0 aliphatic heterocycles. The van der Waals surface area contributed by atoms with E-state index in [0.717, 1.165) is 41.4 Å². The molecule has 1 heterocycles. The Balaban J connectivity index is 2.26. The number of nitrogens with one attached hydrogen (secondary N) is 1. The number of aryl methyl sites for hydroxylation is 1. The molecule has 1 aromatic carbocycles. The third-order valence-electron chi connectivity index (χ3n) is 3.32. The first-order valence-corrected chi connectivity index (χ1v) is 7.78. The molecule has 0 saturated carbocycles. The Morgan fingerprint density at radius 1 is 1.10 bits per heavy atom. The summed E-state index contributed by atoms with van der Waals surface area (Å²) in [6, 6.07) is 5.62. The van der Waals surface area contributed by atoms with E-state index < -0.39 is 0 Å². The van der Waals surface area contributed by atoms with Crippen molar-refractivity contribution in [2.45, 2.75) is 33.6 Å². The quantitative estimate of drug-likeness (QED) is 0.857. The second kappa shape index (κ2) is 7.10. The zero-order valence-corrected chi connectivity index (χ0v) is 14.0. The van der Waals surface area contributed by atoms with Crippen LogP contribution in [0.3, 0.4) is 0 Å². The summed E-state index contributed by atoms with van der Waals surface area (Å²) in [7, 11) is 0. The van der Waals surface area contributed by atoms with Gasteiger partial charge >= 0.3 is 0 Å². The molecule has 2 rings (SSSR count). The fourth-order valence-electron chi connectivity index (χ4n) is 2.01. The molecule has 0 aliphatic carbocycles. The van der Waals surface area contributed by atoms with Gasteiger partial charge in [0.1, 0.15) is 11.6 Å². The van der Waals surface area contributed by atoms with Gasteiger partial charge in [-0.25, -0.2) is 9.97 Å². The Morgan fingerprint density at radius 3 is 2.52 bits per heavy atom. The highest BCUT2D eigenvalue weighted by atomic mass is 35.5. The van der Waals surface area contributed by atoms with Gasteiger partial charge < -0.3 is 5.32 Å². The summed E-state index contributed by atoms with van der Waals surface area (Å²) in [6.45, 7) is 7.08. The van der Waals surface area contributed by atoms with Crippen LogP contribution in [0.1, 0.15) is 36.0 Å². The minimum atomic E-state index is 0.558. The van der Waals surface area contributed by atoms with Crippen molar-refractivity contribution in [3.63, 3.8) is 0 Å². The highest BCUT2D eigenvalue weighted by molar-refractivity contribution is 6.42. The van der Waals surface area contributed by atoms with E-state index in [4.69, 9.17) is 23.2 Å². The Kier molecular flexibility index (Phi) is 5.43. The fourth-order valence-corrected chi connectivity index (χ4v) is 2.33. The molecule has 0 bridgehead atoms. The van der Waals surface area contributed by atoms with Crippen LogP contribution in [0, 0.1) is 13.8 Å². The SMILES string of the molecule is CCCNc1nc(Cc2ccc(Cl)c(Cl)c2)nc(C)c1C. The second-order valence-electron chi connectivity index (χ2n) is 5.05. The maximum atomic E-state index is 6.05. The molecule has 0 saturated heterocycles. The van der Waals surface area contributed by atoms with E-state index in [-0.39, 0.29) is 0 Å².